The summed E-state index contributed by atoms with van der Waals surface area (Å²) in [5, 5.41) is 17.5. The third-order valence-electron chi connectivity index (χ3n) is 11.0. The van der Waals surface area contributed by atoms with Crippen LogP contribution in [0.1, 0.15) is 69.1 Å². The van der Waals surface area contributed by atoms with Crippen LogP contribution in [0.15, 0.2) is 134 Å². The number of rotatable bonds is 8. The van der Waals surface area contributed by atoms with Gasteiger partial charge in [0.25, 0.3) is 0 Å². The van der Waals surface area contributed by atoms with E-state index < -0.39 is 29.0 Å². The average molecular weight is 1130 g/mol. The molecule has 2 aromatic carbocycles. The van der Waals surface area contributed by atoms with Crippen LogP contribution in [0.25, 0.3) is 87.7 Å². The maximum absolute atomic E-state index is 13.9. The Morgan fingerprint density at radius 3 is 0.800 bits per heavy atom. The molecule has 0 unspecified atom stereocenters. The Bertz CT molecular complexity index is 3430. The van der Waals surface area contributed by atoms with Crippen molar-refractivity contribution in [2.24, 2.45) is 0 Å². The van der Waals surface area contributed by atoms with E-state index in [1.807, 2.05) is 84.9 Å². The van der Waals surface area contributed by atoms with E-state index in [0.717, 1.165) is 0 Å². The van der Waals surface area contributed by atoms with E-state index in [0.29, 0.717) is 43.6 Å². The van der Waals surface area contributed by atoms with Gasteiger partial charge >= 0.3 is 59.5 Å². The summed E-state index contributed by atoms with van der Waals surface area (Å²) in [6.07, 6.45) is 7.00. The fraction of sp³-hybridized carbons (Fsp3) is 0.148. The summed E-state index contributed by atoms with van der Waals surface area (Å²) in [6, 6.07) is 33.0. The molecule has 0 atom stereocenters. The molecule has 0 radical (unpaired) electrons. The number of esters is 4. The quantitative estimate of drug-likeness (QED) is 0.0450. The Morgan fingerprint density at radius 2 is 0.627 bits per heavy atom. The minimum Gasteiger partial charge on any atom is -0.653 e. The fourth-order valence-corrected chi connectivity index (χ4v) is 7.96. The number of hydrogen-bond donors (Lipinski definition) is 0. The molecule has 0 N–H and O–H groups in total. The van der Waals surface area contributed by atoms with Crippen molar-refractivity contribution in [3.63, 3.8) is 0 Å². The number of aromatic nitrogens is 8. The molecule has 0 fully saturated rings. The van der Waals surface area contributed by atoms with E-state index in [2.05, 4.69) is 9.97 Å². The minimum atomic E-state index is -1.75. The van der Waals surface area contributed by atoms with Crippen molar-refractivity contribution < 1.29 is 78.8 Å². The molecule has 75 heavy (non-hydrogen) atoms. The van der Waals surface area contributed by atoms with Gasteiger partial charge in [-0.15, -0.1) is 0 Å². The molecule has 0 saturated carbocycles. The summed E-state index contributed by atoms with van der Waals surface area (Å²) in [5.74, 6) is -3.15. The number of ether oxygens (including phenoxy) is 4. The van der Waals surface area contributed by atoms with Crippen molar-refractivity contribution in [2.45, 2.75) is 27.7 Å². The molecule has 0 saturated heterocycles. The molecule has 20 nitrogen and oxygen atoms in total. The van der Waals surface area contributed by atoms with Gasteiger partial charge in [-0.3, -0.25) is 9.97 Å². The van der Waals surface area contributed by atoms with E-state index in [4.69, 9.17) is 64.2 Å². The third-order valence-corrected chi connectivity index (χ3v) is 11.0. The van der Waals surface area contributed by atoms with Crippen molar-refractivity contribution in [3.05, 3.63) is 172 Å². The van der Waals surface area contributed by atoms with Crippen LogP contribution < -0.4 is 9.97 Å². The van der Waals surface area contributed by atoms with Crippen LogP contribution in [0.4, 0.5) is 0 Å². The number of carbonyl (C=O) groups is 4. The van der Waals surface area contributed by atoms with Crippen molar-refractivity contribution in [1.29, 1.82) is 0 Å². The predicted molar refractivity (Wildman–Crippen MR) is 276 cm³/mol. The second-order valence-electron chi connectivity index (χ2n) is 15.5. The van der Waals surface area contributed by atoms with E-state index in [9.17, 15) is 19.2 Å². The Labute approximate surface area is 453 Å². The maximum atomic E-state index is 13.9. The van der Waals surface area contributed by atoms with E-state index >= 15 is 0 Å². The molecule has 11 rings (SSSR count). The first-order valence-corrected chi connectivity index (χ1v) is 23.0. The summed E-state index contributed by atoms with van der Waals surface area (Å²) in [7, 11) is 0. The third kappa shape index (κ3) is 11.7. The van der Waals surface area contributed by atoms with Gasteiger partial charge in [-0.05, 0) is 76.2 Å². The molecule has 0 spiro atoms. The summed E-state index contributed by atoms with van der Waals surface area (Å²) >= 11 is 0. The summed E-state index contributed by atoms with van der Waals surface area (Å²) < 4.78 is 22.0. The van der Waals surface area contributed by atoms with Crippen LogP contribution in [-0.4, -0.2) is 85.3 Å². The number of benzene rings is 2. The van der Waals surface area contributed by atoms with Gasteiger partial charge < -0.3 is 44.2 Å². The number of fused-ring (bicyclic) bond motifs is 12. The second kappa shape index (κ2) is 24.8. The maximum Gasteiger partial charge on any atom is 3.00 e. The van der Waals surface area contributed by atoms with Crippen LogP contribution in [0.2, 0.25) is 0 Å². The molecule has 0 aliphatic carbocycles. The normalized spacial score (nSPS) is 10.6. The Kier molecular flexibility index (Phi) is 17.8. The van der Waals surface area contributed by atoms with Crippen LogP contribution in [-0.2, 0) is 18.9 Å². The topological polar surface area (TPSA) is 277 Å². The van der Waals surface area contributed by atoms with Crippen LogP contribution >= 0.6 is 0 Å². The molecule has 0 aliphatic rings. The molecule has 12 bridgehead atoms. The van der Waals surface area contributed by atoms with Gasteiger partial charge in [-0.2, -0.15) is 0 Å². The van der Waals surface area contributed by atoms with E-state index in [-0.39, 0.29) is 128 Å². The summed E-state index contributed by atoms with van der Waals surface area (Å²) in [4.78, 5) is 101. The largest absolute Gasteiger partial charge is 3.00 e. The predicted octanol–water partition coefficient (Wildman–Crippen LogP) is 9.60. The van der Waals surface area contributed by atoms with E-state index in [1.165, 1.54) is 0 Å². The monoisotopic (exact) mass is 1130 g/mol. The van der Waals surface area contributed by atoms with Gasteiger partial charge in [0.1, 0.15) is 0 Å². The zero-order valence-electron chi connectivity index (χ0n) is 40.6. The molecule has 21 heteroatoms. The molecule has 9 aromatic heterocycles. The van der Waals surface area contributed by atoms with Gasteiger partial charge in [0.15, 0.2) is 0 Å². The Hall–Kier alpha value is -8.79. The molecule has 0 amide bonds. The molecule has 9 heterocycles. The van der Waals surface area contributed by atoms with Gasteiger partial charge in [0.05, 0.1) is 97.9 Å². The molecular formula is C54H42LaN9O11. The minimum absolute atomic E-state index is 0. The first-order valence-electron chi connectivity index (χ1n) is 23.0. The van der Waals surface area contributed by atoms with Crippen molar-refractivity contribution >= 4 is 112 Å². The zero-order valence-corrected chi connectivity index (χ0v) is 44.2. The first kappa shape index (κ1) is 54.0. The van der Waals surface area contributed by atoms with E-state index in [1.54, 1.807) is 76.7 Å². The van der Waals surface area contributed by atoms with Crippen LogP contribution in [0, 0.1) is 50.9 Å². The smallest absolute Gasteiger partial charge is 0.653 e. The number of carbonyl (C=O) groups excluding carboxylic acids is 4. The summed E-state index contributed by atoms with van der Waals surface area (Å²) in [5.41, 5.74) is 2.53. The fourth-order valence-electron chi connectivity index (χ4n) is 7.96. The van der Waals surface area contributed by atoms with Gasteiger partial charge in [-0.25, -0.2) is 39.1 Å². The molecule has 0 aliphatic heterocycles. The average Bonchev–Trinajstić information content (AvgIpc) is 4.03. The van der Waals surface area contributed by atoms with Crippen LogP contribution in [0.3, 0.4) is 0 Å². The van der Waals surface area contributed by atoms with Crippen molar-refractivity contribution in [1.82, 2.24) is 39.9 Å². The zero-order chi connectivity index (χ0) is 52.3. The molecular weight excluding hydrogens is 1090 g/mol. The number of pyridine rings is 6. The first-order chi connectivity index (χ1) is 36.0. The van der Waals surface area contributed by atoms with Crippen LogP contribution in [0.5, 0.6) is 0 Å². The molecule has 11 aromatic rings. The SMILES string of the molecule is CCOC(=O)c1c(C(=O)OCC)c2[n-]c1c1ccc3ccc4ccc(nc4c3n1)c1[n-]c(c(C(=O)OCC)c1C(=O)OCC)c1ccc3ccc4ccc2nc4c3n1.O=[N+]([O-])[O-].[La+3].c1ccncc1.c1ccncc1. The van der Waals surface area contributed by atoms with Crippen molar-refractivity contribution in [2.75, 3.05) is 26.4 Å². The van der Waals surface area contributed by atoms with Gasteiger partial charge in [-0.1, -0.05) is 82.7 Å². The Balaban J connectivity index is 0.000000415. The number of hydrogen-bond acceptors (Lipinski definition) is 17. The Morgan fingerprint density at radius 1 is 0.413 bits per heavy atom. The second-order valence-corrected chi connectivity index (χ2v) is 15.5. The summed E-state index contributed by atoms with van der Waals surface area (Å²) in [6.45, 7) is 6.78. The standard InChI is InChI=1S/C44H34N6O8.2C5H5N.La.NO3/c1-5-55-41(51)29-30(42(52)56-6-2)38-26-18-14-22-11-12-24-16-20-28(48-36(24)35(22)46-26)40-32(44(54)58-8-4)31(43(53)57-7-3)39(50-40)27-19-15-23-10-9-21-13-17-25(37(29)49-38)45-33(21)34(23)47-27;2*1-2-4-6-5-3-1;;2-1(3)4/h9-20H,5-8H2,1-4H3,(H2,45,46,47,48,49,50,51,52,53,54);2*1-5H;;/q;;;+3;-1/p-2. The van der Waals surface area contributed by atoms with Gasteiger partial charge in [0.2, 0.25) is 0 Å². The number of nitrogens with zero attached hydrogens (tertiary/aromatic N) is 9. The van der Waals surface area contributed by atoms with Crippen molar-refractivity contribution in [3.8, 4) is 0 Å². The molecule has 372 valence electrons. The van der Waals surface area contributed by atoms with Gasteiger partial charge in [0, 0.05) is 46.3 Å².